The molecule has 2 N–H and O–H groups in total. The molecule has 0 unspecified atom stereocenters. The predicted molar refractivity (Wildman–Crippen MR) is 84.8 cm³/mol. The van der Waals surface area contributed by atoms with Gasteiger partial charge in [0.15, 0.2) is 0 Å². The first kappa shape index (κ1) is 15.8. The highest BCUT2D eigenvalue weighted by molar-refractivity contribution is 7.89. The van der Waals surface area contributed by atoms with Gasteiger partial charge in [0.25, 0.3) is 10.0 Å². The molecular weight excluding hydrogens is 318 g/mol. The van der Waals surface area contributed by atoms with Crippen LogP contribution in [0.4, 0.5) is 4.79 Å². The van der Waals surface area contributed by atoms with Crippen molar-refractivity contribution in [1.29, 1.82) is 0 Å². The molecule has 1 heterocycles. The lowest BCUT2D eigenvalue weighted by atomic mass is 9.67. The number of likely N-dealkylation sites (tertiary alicyclic amines) is 1. The zero-order valence-corrected chi connectivity index (χ0v) is 13.6. The fourth-order valence-electron chi connectivity index (χ4n) is 3.17. The first-order valence-corrected chi connectivity index (χ1v) is 8.90. The van der Waals surface area contributed by atoms with Crippen molar-refractivity contribution in [3.8, 4) is 0 Å². The van der Waals surface area contributed by atoms with E-state index in [2.05, 4.69) is 9.93 Å². The van der Waals surface area contributed by atoms with Crippen molar-refractivity contribution >= 4 is 21.8 Å². The number of hydrogen-bond donors (Lipinski definition) is 2. The molecule has 1 aromatic rings. The summed E-state index contributed by atoms with van der Waals surface area (Å²) < 4.78 is 24.3. The van der Waals surface area contributed by atoms with Gasteiger partial charge in [-0.15, -0.1) is 0 Å². The molecular formula is C15H19N3O4S. The minimum absolute atomic E-state index is 0.0491. The third kappa shape index (κ3) is 3.17. The van der Waals surface area contributed by atoms with E-state index in [1.807, 2.05) is 6.92 Å². The normalized spacial score (nSPS) is 23.7. The van der Waals surface area contributed by atoms with Crippen molar-refractivity contribution in [3.63, 3.8) is 0 Å². The Morgan fingerprint density at radius 3 is 2.52 bits per heavy atom. The van der Waals surface area contributed by atoms with Gasteiger partial charge < -0.3 is 10.0 Å². The Kier molecular flexibility index (Phi) is 3.79. The fourth-order valence-corrected chi connectivity index (χ4v) is 4.02. The first-order valence-electron chi connectivity index (χ1n) is 7.42. The molecule has 7 nitrogen and oxygen atoms in total. The van der Waals surface area contributed by atoms with Gasteiger partial charge in [-0.1, -0.05) is 17.7 Å². The summed E-state index contributed by atoms with van der Waals surface area (Å²) in [5, 5.41) is 13.0. The van der Waals surface area contributed by atoms with Gasteiger partial charge >= 0.3 is 6.09 Å². The monoisotopic (exact) mass is 337 g/mol. The number of hydrazone groups is 1. The van der Waals surface area contributed by atoms with Crippen molar-refractivity contribution in [1.82, 2.24) is 9.73 Å². The van der Waals surface area contributed by atoms with Crippen LogP contribution >= 0.6 is 0 Å². The van der Waals surface area contributed by atoms with Crippen LogP contribution in [0.2, 0.25) is 0 Å². The molecule has 0 aromatic heterocycles. The van der Waals surface area contributed by atoms with Gasteiger partial charge in [-0.2, -0.15) is 13.5 Å². The smallest absolute Gasteiger partial charge is 0.407 e. The summed E-state index contributed by atoms with van der Waals surface area (Å²) in [6.07, 6.45) is 1.20. The SMILES string of the molecule is Cc1ccc(S(=O)(=O)NN=C2CC3(CCN(C(=O)O)C3)C2)cc1. The largest absolute Gasteiger partial charge is 0.465 e. The molecule has 1 aliphatic carbocycles. The summed E-state index contributed by atoms with van der Waals surface area (Å²) in [5.41, 5.74) is 1.71. The lowest BCUT2D eigenvalue weighted by Gasteiger charge is -2.38. The van der Waals surface area contributed by atoms with Crippen molar-refractivity contribution in [2.45, 2.75) is 31.1 Å². The Morgan fingerprint density at radius 2 is 1.96 bits per heavy atom. The van der Waals surface area contributed by atoms with E-state index < -0.39 is 16.1 Å². The van der Waals surface area contributed by atoms with Crippen molar-refractivity contribution in [3.05, 3.63) is 29.8 Å². The van der Waals surface area contributed by atoms with Crippen LogP contribution in [0.5, 0.6) is 0 Å². The highest BCUT2D eigenvalue weighted by Gasteiger charge is 2.48. The molecule has 2 fully saturated rings. The first-order chi connectivity index (χ1) is 10.8. The molecule has 1 amide bonds. The van der Waals surface area contributed by atoms with Crippen LogP contribution in [0.25, 0.3) is 0 Å². The Bertz CT molecular complexity index is 747. The molecule has 2 aliphatic rings. The molecule has 1 spiro atoms. The molecule has 1 saturated heterocycles. The molecule has 8 heteroatoms. The molecule has 23 heavy (non-hydrogen) atoms. The summed E-state index contributed by atoms with van der Waals surface area (Å²) in [7, 11) is -3.65. The van der Waals surface area contributed by atoms with Crippen LogP contribution in [0.3, 0.4) is 0 Å². The Labute approximate surface area is 135 Å². The van der Waals surface area contributed by atoms with E-state index >= 15 is 0 Å². The van der Waals surface area contributed by atoms with Crippen LogP contribution in [-0.2, 0) is 10.0 Å². The predicted octanol–water partition coefficient (Wildman–Crippen LogP) is 1.79. The van der Waals surface area contributed by atoms with E-state index in [9.17, 15) is 13.2 Å². The fraction of sp³-hybridized carbons (Fsp3) is 0.467. The van der Waals surface area contributed by atoms with Crippen LogP contribution in [0.15, 0.2) is 34.3 Å². The van der Waals surface area contributed by atoms with Gasteiger partial charge in [-0.3, -0.25) is 0 Å². The highest BCUT2D eigenvalue weighted by atomic mass is 32.2. The van der Waals surface area contributed by atoms with Gasteiger partial charge in [0.2, 0.25) is 0 Å². The number of sulfonamides is 1. The quantitative estimate of drug-likeness (QED) is 0.821. The Morgan fingerprint density at radius 1 is 1.30 bits per heavy atom. The van der Waals surface area contributed by atoms with E-state index in [1.165, 1.54) is 4.90 Å². The molecule has 124 valence electrons. The molecule has 0 bridgehead atoms. The lowest BCUT2D eigenvalue weighted by Crippen LogP contribution is -2.42. The number of benzene rings is 1. The van der Waals surface area contributed by atoms with E-state index in [-0.39, 0.29) is 10.3 Å². The van der Waals surface area contributed by atoms with Gasteiger partial charge in [0, 0.05) is 24.2 Å². The minimum Gasteiger partial charge on any atom is -0.465 e. The maximum Gasteiger partial charge on any atom is 0.407 e. The second-order valence-corrected chi connectivity index (χ2v) is 8.05. The second kappa shape index (κ2) is 5.52. The molecule has 0 radical (unpaired) electrons. The molecule has 3 rings (SSSR count). The summed E-state index contributed by atoms with van der Waals surface area (Å²) in [6.45, 7) is 2.93. The van der Waals surface area contributed by atoms with Crippen molar-refractivity contribution < 1.29 is 18.3 Å². The van der Waals surface area contributed by atoms with Crippen molar-refractivity contribution in [2.75, 3.05) is 13.1 Å². The van der Waals surface area contributed by atoms with E-state index in [1.54, 1.807) is 24.3 Å². The Hall–Kier alpha value is -2.09. The van der Waals surface area contributed by atoms with Crippen molar-refractivity contribution in [2.24, 2.45) is 10.5 Å². The summed E-state index contributed by atoms with van der Waals surface area (Å²) in [6, 6.07) is 6.56. The maximum atomic E-state index is 12.1. The number of aryl methyl sites for hydroxylation is 1. The summed E-state index contributed by atoms with van der Waals surface area (Å²) in [5.74, 6) is 0. The van der Waals surface area contributed by atoms with Crippen LogP contribution < -0.4 is 4.83 Å². The number of carbonyl (C=O) groups is 1. The van der Waals surface area contributed by atoms with Gasteiger partial charge in [0.05, 0.1) is 4.90 Å². The Balaban J connectivity index is 1.60. The molecule has 1 saturated carbocycles. The number of nitrogens with zero attached hydrogens (tertiary/aromatic N) is 2. The maximum absolute atomic E-state index is 12.1. The number of carboxylic acid groups (broad SMARTS) is 1. The molecule has 1 aromatic carbocycles. The van der Waals surface area contributed by atoms with Crippen LogP contribution in [-0.4, -0.2) is 43.3 Å². The van der Waals surface area contributed by atoms with Gasteiger partial charge in [0.1, 0.15) is 0 Å². The average molecular weight is 337 g/mol. The average Bonchev–Trinajstić information content (AvgIpc) is 2.90. The van der Waals surface area contributed by atoms with Crippen LogP contribution in [0, 0.1) is 12.3 Å². The highest BCUT2D eigenvalue weighted by Crippen LogP contribution is 2.46. The minimum atomic E-state index is -3.65. The van der Waals surface area contributed by atoms with E-state index in [0.29, 0.717) is 25.9 Å². The third-order valence-corrected chi connectivity index (χ3v) is 5.75. The topological polar surface area (TPSA) is 99.1 Å². The zero-order chi connectivity index (χ0) is 16.7. The van der Waals surface area contributed by atoms with E-state index in [0.717, 1.165) is 17.7 Å². The summed E-state index contributed by atoms with van der Waals surface area (Å²) in [4.78, 5) is 14.8. The van der Waals surface area contributed by atoms with Crippen LogP contribution in [0.1, 0.15) is 24.8 Å². The standard InChI is InChI=1S/C15H19N3O4S/c1-11-2-4-13(5-3-11)23(21,22)17-16-12-8-15(9-12)6-7-18(10-15)14(19)20/h2-5,17H,6-10H2,1H3,(H,19,20). The van der Waals surface area contributed by atoms with Gasteiger partial charge in [-0.25, -0.2) is 9.63 Å². The summed E-state index contributed by atoms with van der Waals surface area (Å²) >= 11 is 0. The zero-order valence-electron chi connectivity index (χ0n) is 12.8. The third-order valence-electron chi connectivity index (χ3n) is 4.52. The number of hydrogen-bond acceptors (Lipinski definition) is 4. The number of amides is 1. The van der Waals surface area contributed by atoms with Gasteiger partial charge in [-0.05, 0) is 38.3 Å². The number of nitrogens with one attached hydrogen (secondary N) is 1. The molecule has 1 aliphatic heterocycles. The van der Waals surface area contributed by atoms with E-state index in [4.69, 9.17) is 5.11 Å². The second-order valence-electron chi connectivity index (χ2n) is 6.39. The number of rotatable bonds is 3. The molecule has 0 atom stereocenters. The lowest BCUT2D eigenvalue weighted by molar-refractivity contribution is 0.147.